The molecule has 28 heavy (non-hydrogen) atoms. The molecule has 0 aromatic heterocycles. The van der Waals surface area contributed by atoms with E-state index in [0.29, 0.717) is 12.2 Å². The highest BCUT2D eigenvalue weighted by Crippen LogP contribution is 2.08. The average molecular weight is 421 g/mol. The maximum absolute atomic E-state index is 12.4. The highest BCUT2D eigenvalue weighted by atomic mass is 32.2. The van der Waals surface area contributed by atoms with E-state index in [9.17, 15) is 24.3 Å². The van der Waals surface area contributed by atoms with Gasteiger partial charge in [-0.3, -0.25) is 14.4 Å². The molecule has 0 rings (SSSR count). The third-order valence-electron chi connectivity index (χ3n) is 4.28. The van der Waals surface area contributed by atoms with Crippen LogP contribution in [0.25, 0.3) is 0 Å². The van der Waals surface area contributed by atoms with E-state index in [1.165, 1.54) is 18.7 Å². The molecule has 0 aliphatic carbocycles. The Morgan fingerprint density at radius 1 is 1.11 bits per heavy atom. The second kappa shape index (κ2) is 13.3. The topological polar surface area (TPSA) is 171 Å². The maximum atomic E-state index is 12.4. The van der Waals surface area contributed by atoms with E-state index < -0.39 is 54.5 Å². The van der Waals surface area contributed by atoms with Gasteiger partial charge in [0, 0.05) is 0 Å². The summed E-state index contributed by atoms with van der Waals surface area (Å²) in [6.07, 6.45) is 1.58. The van der Waals surface area contributed by atoms with Gasteiger partial charge in [-0.05, 0) is 31.3 Å². The largest absolute Gasteiger partial charge is 0.480 e. The Hall–Kier alpha value is -1.85. The van der Waals surface area contributed by atoms with Crippen molar-refractivity contribution in [2.75, 3.05) is 18.6 Å². The summed E-state index contributed by atoms with van der Waals surface area (Å²) in [7, 11) is 0. The number of carboxylic acid groups (broad SMARTS) is 1. The Kier molecular flexibility index (Phi) is 12.5. The van der Waals surface area contributed by atoms with Gasteiger partial charge in [0.15, 0.2) is 0 Å². The highest BCUT2D eigenvalue weighted by molar-refractivity contribution is 7.98. The van der Waals surface area contributed by atoms with Crippen LogP contribution in [0.2, 0.25) is 0 Å². The van der Waals surface area contributed by atoms with Crippen molar-refractivity contribution in [3.63, 3.8) is 0 Å². The van der Waals surface area contributed by atoms with Gasteiger partial charge in [0.25, 0.3) is 0 Å². The first-order valence-electron chi connectivity index (χ1n) is 9.07. The minimum Gasteiger partial charge on any atom is -0.480 e. The van der Waals surface area contributed by atoms with Crippen LogP contribution in [0.3, 0.4) is 0 Å². The van der Waals surface area contributed by atoms with Gasteiger partial charge in [-0.25, -0.2) is 4.79 Å². The van der Waals surface area contributed by atoms with Crippen LogP contribution in [0.5, 0.6) is 0 Å². The molecular formula is C17H32N4O6S. The Bertz CT molecular complexity index is 546. The van der Waals surface area contributed by atoms with Crippen molar-refractivity contribution >= 4 is 35.5 Å². The van der Waals surface area contributed by atoms with Crippen LogP contribution in [0.15, 0.2) is 0 Å². The van der Waals surface area contributed by atoms with Gasteiger partial charge in [0.2, 0.25) is 17.7 Å². The average Bonchev–Trinajstić information content (AvgIpc) is 2.65. The zero-order valence-electron chi connectivity index (χ0n) is 16.7. The zero-order valence-corrected chi connectivity index (χ0v) is 17.5. The normalized spacial score (nSPS) is 16.2. The van der Waals surface area contributed by atoms with Crippen LogP contribution < -0.4 is 21.7 Å². The van der Waals surface area contributed by atoms with E-state index in [4.69, 9.17) is 10.8 Å². The van der Waals surface area contributed by atoms with Gasteiger partial charge in [0.05, 0.1) is 12.6 Å². The third-order valence-corrected chi connectivity index (χ3v) is 4.93. The van der Waals surface area contributed by atoms with Crippen LogP contribution in [0.1, 0.15) is 33.6 Å². The van der Waals surface area contributed by atoms with Crippen LogP contribution in [0.4, 0.5) is 0 Å². The summed E-state index contributed by atoms with van der Waals surface area (Å²) in [5.41, 5.74) is 5.58. The standard InChI is InChI=1S/C17H32N4O6S/c1-5-9(2)14(21-15(24)13(18)10(3)22)16(25)19-8-12(23)20-11(17(26)27)6-7-28-4/h9-11,13-14,22H,5-8,18H2,1-4H3,(H,19,25)(H,20,23)(H,21,24)(H,26,27). The molecule has 0 saturated heterocycles. The lowest BCUT2D eigenvalue weighted by Gasteiger charge is -2.25. The molecule has 0 saturated carbocycles. The SMILES string of the molecule is CCC(C)C(NC(=O)C(N)C(C)O)C(=O)NCC(=O)NC(CCSC)C(=O)O. The lowest BCUT2D eigenvalue weighted by molar-refractivity contribution is -0.141. The number of thioether (sulfide) groups is 1. The van der Waals surface area contributed by atoms with Crippen molar-refractivity contribution in [2.24, 2.45) is 11.7 Å². The fourth-order valence-electron chi connectivity index (χ4n) is 2.19. The molecule has 7 N–H and O–H groups in total. The summed E-state index contributed by atoms with van der Waals surface area (Å²) in [5, 5.41) is 25.8. The first-order valence-corrected chi connectivity index (χ1v) is 10.5. The van der Waals surface area contributed by atoms with Gasteiger partial charge in [0.1, 0.15) is 18.1 Å². The molecule has 0 spiro atoms. The number of nitrogens with two attached hydrogens (primary N) is 1. The molecule has 11 heteroatoms. The lowest BCUT2D eigenvalue weighted by Crippen LogP contribution is -2.57. The smallest absolute Gasteiger partial charge is 0.326 e. The Morgan fingerprint density at radius 2 is 1.71 bits per heavy atom. The summed E-state index contributed by atoms with van der Waals surface area (Å²) in [6, 6.07) is -3.16. The molecule has 0 radical (unpaired) electrons. The van der Waals surface area contributed by atoms with E-state index >= 15 is 0 Å². The highest BCUT2D eigenvalue weighted by Gasteiger charge is 2.29. The Balaban J connectivity index is 4.83. The molecule has 10 nitrogen and oxygen atoms in total. The minimum absolute atomic E-state index is 0.249. The van der Waals surface area contributed by atoms with Crippen molar-refractivity contribution in [2.45, 2.75) is 57.8 Å². The van der Waals surface area contributed by atoms with Crippen molar-refractivity contribution in [1.82, 2.24) is 16.0 Å². The van der Waals surface area contributed by atoms with Crippen LogP contribution in [-0.2, 0) is 19.2 Å². The predicted molar refractivity (Wildman–Crippen MR) is 107 cm³/mol. The quantitative estimate of drug-likeness (QED) is 0.213. The number of hydrogen-bond acceptors (Lipinski definition) is 7. The molecule has 0 aliphatic rings. The summed E-state index contributed by atoms with van der Waals surface area (Å²) in [5.74, 6) is -2.74. The number of amides is 3. The van der Waals surface area contributed by atoms with Crippen molar-refractivity contribution in [1.29, 1.82) is 0 Å². The first-order chi connectivity index (χ1) is 13.0. The fourth-order valence-corrected chi connectivity index (χ4v) is 2.66. The molecule has 0 fully saturated rings. The van der Waals surface area contributed by atoms with E-state index in [1.807, 2.05) is 13.2 Å². The molecule has 0 heterocycles. The van der Waals surface area contributed by atoms with Gasteiger partial charge >= 0.3 is 5.97 Å². The van der Waals surface area contributed by atoms with Crippen LogP contribution >= 0.6 is 11.8 Å². The number of carbonyl (C=O) groups excluding carboxylic acids is 3. The number of rotatable bonds is 13. The Labute approximate surface area is 169 Å². The second-order valence-electron chi connectivity index (χ2n) is 6.60. The number of aliphatic hydroxyl groups excluding tert-OH is 1. The first kappa shape index (κ1) is 26.1. The van der Waals surface area contributed by atoms with E-state index in [2.05, 4.69) is 16.0 Å². The molecule has 3 amide bonds. The summed E-state index contributed by atoms with van der Waals surface area (Å²) < 4.78 is 0. The molecule has 0 aromatic carbocycles. The van der Waals surface area contributed by atoms with Gasteiger partial charge in [-0.2, -0.15) is 11.8 Å². The number of aliphatic hydroxyl groups is 1. The maximum Gasteiger partial charge on any atom is 0.326 e. The summed E-state index contributed by atoms with van der Waals surface area (Å²) in [4.78, 5) is 47.6. The van der Waals surface area contributed by atoms with Crippen molar-refractivity contribution in [3.05, 3.63) is 0 Å². The van der Waals surface area contributed by atoms with Gasteiger partial charge in [-0.15, -0.1) is 0 Å². The third kappa shape index (κ3) is 9.38. The molecule has 0 aromatic rings. The number of nitrogens with one attached hydrogen (secondary N) is 3. The number of aliphatic carboxylic acids is 1. The molecular weight excluding hydrogens is 388 g/mol. The Morgan fingerprint density at radius 3 is 2.18 bits per heavy atom. The molecule has 5 unspecified atom stereocenters. The van der Waals surface area contributed by atoms with Gasteiger partial charge in [-0.1, -0.05) is 20.3 Å². The number of hydrogen-bond donors (Lipinski definition) is 6. The van der Waals surface area contributed by atoms with Crippen LogP contribution in [-0.4, -0.2) is 76.7 Å². The molecule has 0 aliphatic heterocycles. The summed E-state index contributed by atoms with van der Waals surface area (Å²) in [6.45, 7) is 4.53. The fraction of sp³-hybridized carbons (Fsp3) is 0.765. The van der Waals surface area contributed by atoms with Crippen molar-refractivity contribution < 1.29 is 29.4 Å². The number of carboxylic acids is 1. The molecule has 0 bridgehead atoms. The molecule has 5 atom stereocenters. The zero-order chi connectivity index (χ0) is 21.9. The van der Waals surface area contributed by atoms with Crippen molar-refractivity contribution in [3.8, 4) is 0 Å². The van der Waals surface area contributed by atoms with Crippen LogP contribution in [0, 0.1) is 5.92 Å². The van der Waals surface area contributed by atoms with E-state index in [-0.39, 0.29) is 12.3 Å². The second-order valence-corrected chi connectivity index (χ2v) is 7.58. The van der Waals surface area contributed by atoms with Gasteiger partial charge < -0.3 is 31.9 Å². The minimum atomic E-state index is -1.18. The molecule has 162 valence electrons. The lowest BCUT2D eigenvalue weighted by atomic mass is 9.97. The monoisotopic (exact) mass is 420 g/mol. The number of carbonyl (C=O) groups is 4. The van der Waals surface area contributed by atoms with E-state index in [0.717, 1.165) is 0 Å². The van der Waals surface area contributed by atoms with E-state index in [1.54, 1.807) is 6.92 Å². The summed E-state index contributed by atoms with van der Waals surface area (Å²) >= 11 is 1.46. The predicted octanol–water partition coefficient (Wildman–Crippen LogP) is -1.34.